The average Bonchev–Trinajstić information content (AvgIpc) is 1.35. The molecule has 0 fully saturated rings. The quantitative estimate of drug-likeness (QED) is 0.561. The van der Waals surface area contributed by atoms with Crippen molar-refractivity contribution in [1.82, 2.24) is 0 Å². The molecule has 0 rings (SSSR count). The summed E-state index contributed by atoms with van der Waals surface area (Å²) < 4.78 is 11.4. The van der Waals surface area contributed by atoms with Crippen molar-refractivity contribution in [1.29, 1.82) is 0 Å². The maximum Gasteiger partial charge on any atom is 0.107 e. The molecule has 0 saturated heterocycles. The normalized spacial score (nSPS) is 10.3. The molecule has 0 saturated carbocycles. The highest BCUT2D eigenvalue weighted by molar-refractivity contribution is 5.85. The van der Waals surface area contributed by atoms with E-state index in [0.29, 0.717) is 0 Å². The summed E-state index contributed by atoms with van der Waals surface area (Å²) in [5, 5.41) is 0. The van der Waals surface area contributed by atoms with Gasteiger partial charge in [0.25, 0.3) is 0 Å². The lowest BCUT2D eigenvalue weighted by Crippen LogP contribution is -2.33. The Morgan fingerprint density at radius 2 is 1.71 bits per heavy atom. The fourth-order valence-electron chi connectivity index (χ4n) is 0. The van der Waals surface area contributed by atoms with Gasteiger partial charge in [0.15, 0.2) is 0 Å². The molecule has 0 aliphatic heterocycles. The molecule has 2 N–H and O–H groups in total. The lowest BCUT2D eigenvalue weighted by Gasteiger charge is -2.10. The Morgan fingerprint density at radius 3 is 1.71 bits per heavy atom. The van der Waals surface area contributed by atoms with E-state index in [2.05, 4.69) is 0 Å². The van der Waals surface area contributed by atoms with E-state index in [-0.39, 0.29) is 12.4 Å². The van der Waals surface area contributed by atoms with Crippen molar-refractivity contribution < 1.29 is 4.39 Å². The minimum Gasteiger partial charge on any atom is -0.323 e. The SMILES string of the molecule is CC(C)(N)CF.Cl. The van der Waals surface area contributed by atoms with Gasteiger partial charge in [0.2, 0.25) is 0 Å². The molecule has 0 aromatic rings. The van der Waals surface area contributed by atoms with E-state index in [1.54, 1.807) is 13.8 Å². The van der Waals surface area contributed by atoms with Crippen LogP contribution in [-0.4, -0.2) is 12.2 Å². The van der Waals surface area contributed by atoms with E-state index in [4.69, 9.17) is 5.73 Å². The molecule has 0 heterocycles. The maximum atomic E-state index is 11.4. The van der Waals surface area contributed by atoms with Gasteiger partial charge >= 0.3 is 0 Å². The zero-order valence-electron chi connectivity index (χ0n) is 4.57. The number of hydrogen-bond donors (Lipinski definition) is 1. The van der Waals surface area contributed by atoms with Gasteiger partial charge in [-0.25, -0.2) is 4.39 Å². The first kappa shape index (κ1) is 10.2. The Hall–Kier alpha value is 0.180. The lowest BCUT2D eigenvalue weighted by atomic mass is 10.1. The molecule has 0 spiro atoms. The minimum absolute atomic E-state index is 0. The first-order valence-corrected chi connectivity index (χ1v) is 1.91. The van der Waals surface area contributed by atoms with Crippen LogP contribution in [0.5, 0.6) is 0 Å². The molecule has 0 aliphatic rings. The zero-order chi connectivity index (χ0) is 5.21. The molecule has 0 bridgehead atoms. The van der Waals surface area contributed by atoms with E-state index >= 15 is 0 Å². The summed E-state index contributed by atoms with van der Waals surface area (Å²) in [6.45, 7) is 2.84. The van der Waals surface area contributed by atoms with Gasteiger partial charge in [-0.2, -0.15) is 0 Å². The number of alkyl halides is 1. The second kappa shape index (κ2) is 3.22. The highest BCUT2D eigenvalue weighted by Gasteiger charge is 2.06. The third-order valence-electron chi connectivity index (χ3n) is 0.344. The molecule has 0 radical (unpaired) electrons. The molecule has 0 aromatic heterocycles. The molecule has 1 nitrogen and oxygen atoms in total. The number of nitrogens with two attached hydrogens (primary N) is 1. The van der Waals surface area contributed by atoms with Crippen LogP contribution in [0.25, 0.3) is 0 Å². The Labute approximate surface area is 49.5 Å². The van der Waals surface area contributed by atoms with Crippen molar-refractivity contribution in [2.24, 2.45) is 5.73 Å². The van der Waals surface area contributed by atoms with Crippen LogP contribution in [0.1, 0.15) is 13.8 Å². The van der Waals surface area contributed by atoms with Gasteiger partial charge in [0, 0.05) is 5.54 Å². The third kappa shape index (κ3) is 10.7. The Balaban J connectivity index is 0. The molecule has 46 valence electrons. The Morgan fingerprint density at radius 1 is 1.57 bits per heavy atom. The van der Waals surface area contributed by atoms with Crippen LogP contribution in [-0.2, 0) is 0 Å². The standard InChI is InChI=1S/C4H10FN.ClH/c1-4(2,6)3-5;/h3,6H2,1-2H3;1H. The van der Waals surface area contributed by atoms with Crippen molar-refractivity contribution in [3.63, 3.8) is 0 Å². The second-order valence-electron chi connectivity index (χ2n) is 2.12. The van der Waals surface area contributed by atoms with Gasteiger partial charge in [0.1, 0.15) is 6.67 Å². The van der Waals surface area contributed by atoms with Gasteiger partial charge in [-0.15, -0.1) is 12.4 Å². The van der Waals surface area contributed by atoms with E-state index in [0.717, 1.165) is 0 Å². The number of rotatable bonds is 1. The summed E-state index contributed by atoms with van der Waals surface area (Å²) >= 11 is 0. The largest absolute Gasteiger partial charge is 0.323 e. The zero-order valence-corrected chi connectivity index (χ0v) is 5.39. The molecule has 7 heavy (non-hydrogen) atoms. The van der Waals surface area contributed by atoms with Gasteiger partial charge in [-0.3, -0.25) is 0 Å². The van der Waals surface area contributed by atoms with Crippen molar-refractivity contribution in [3.05, 3.63) is 0 Å². The Bertz CT molecular complexity index is 41.4. The van der Waals surface area contributed by atoms with Crippen molar-refractivity contribution in [3.8, 4) is 0 Å². The number of hydrogen-bond acceptors (Lipinski definition) is 1. The van der Waals surface area contributed by atoms with Crippen molar-refractivity contribution in [2.75, 3.05) is 6.67 Å². The minimum atomic E-state index is -0.625. The van der Waals surface area contributed by atoms with E-state index < -0.39 is 12.2 Å². The fourth-order valence-corrected chi connectivity index (χ4v) is 0. The summed E-state index contributed by atoms with van der Waals surface area (Å²) in [6.07, 6.45) is 0. The fraction of sp³-hybridized carbons (Fsp3) is 1.00. The van der Waals surface area contributed by atoms with Crippen LogP contribution < -0.4 is 5.73 Å². The van der Waals surface area contributed by atoms with E-state index in [1.807, 2.05) is 0 Å². The van der Waals surface area contributed by atoms with Crippen molar-refractivity contribution >= 4 is 12.4 Å². The predicted octanol–water partition coefficient (Wildman–Crippen LogP) is 1.11. The van der Waals surface area contributed by atoms with Gasteiger partial charge in [0.05, 0.1) is 0 Å². The van der Waals surface area contributed by atoms with Crippen LogP contribution in [0.15, 0.2) is 0 Å². The van der Waals surface area contributed by atoms with Crippen LogP contribution >= 0.6 is 12.4 Å². The monoisotopic (exact) mass is 127 g/mol. The van der Waals surface area contributed by atoms with Gasteiger partial charge in [-0.05, 0) is 13.8 Å². The summed E-state index contributed by atoms with van der Waals surface area (Å²) in [6, 6.07) is 0. The second-order valence-corrected chi connectivity index (χ2v) is 2.12. The average molecular weight is 128 g/mol. The summed E-state index contributed by atoms with van der Waals surface area (Å²) in [5.41, 5.74) is 4.53. The lowest BCUT2D eigenvalue weighted by molar-refractivity contribution is 0.352. The smallest absolute Gasteiger partial charge is 0.107 e. The molecule has 0 aliphatic carbocycles. The highest BCUT2D eigenvalue weighted by Crippen LogP contribution is 1.93. The summed E-state index contributed by atoms with van der Waals surface area (Å²) in [5.74, 6) is 0. The summed E-state index contributed by atoms with van der Waals surface area (Å²) in [7, 11) is 0. The maximum absolute atomic E-state index is 11.4. The Kier molecular flexibility index (Phi) is 4.70. The molecule has 0 unspecified atom stereocenters. The van der Waals surface area contributed by atoms with Crippen LogP contribution in [0.3, 0.4) is 0 Å². The van der Waals surface area contributed by atoms with E-state index in [1.165, 1.54) is 0 Å². The first-order chi connectivity index (χ1) is 2.56. The first-order valence-electron chi connectivity index (χ1n) is 1.91. The van der Waals surface area contributed by atoms with Gasteiger partial charge < -0.3 is 5.73 Å². The molecular formula is C4H11ClFN. The van der Waals surface area contributed by atoms with Crippen LogP contribution in [0.2, 0.25) is 0 Å². The third-order valence-corrected chi connectivity index (χ3v) is 0.344. The van der Waals surface area contributed by atoms with Crippen LogP contribution in [0.4, 0.5) is 4.39 Å². The van der Waals surface area contributed by atoms with E-state index in [9.17, 15) is 4.39 Å². The highest BCUT2D eigenvalue weighted by atomic mass is 35.5. The molecule has 0 aromatic carbocycles. The summed E-state index contributed by atoms with van der Waals surface area (Å²) in [4.78, 5) is 0. The van der Waals surface area contributed by atoms with Crippen LogP contribution in [0, 0.1) is 0 Å². The molecular weight excluding hydrogens is 117 g/mol. The molecule has 0 amide bonds. The van der Waals surface area contributed by atoms with Gasteiger partial charge in [-0.1, -0.05) is 0 Å². The molecule has 0 atom stereocenters. The topological polar surface area (TPSA) is 26.0 Å². The van der Waals surface area contributed by atoms with Crippen molar-refractivity contribution in [2.45, 2.75) is 19.4 Å². The molecule has 3 heteroatoms. The number of halogens is 2. The predicted molar refractivity (Wildman–Crippen MR) is 31.5 cm³/mol.